The minimum atomic E-state index is 0.0163. The van der Waals surface area contributed by atoms with Crippen LogP contribution in [0.15, 0.2) is 18.2 Å². The molecule has 0 radical (unpaired) electrons. The van der Waals surface area contributed by atoms with Gasteiger partial charge in [-0.25, -0.2) is 0 Å². The van der Waals surface area contributed by atoms with Gasteiger partial charge in [0.15, 0.2) is 0 Å². The first-order valence-electron chi connectivity index (χ1n) is 4.76. The van der Waals surface area contributed by atoms with E-state index in [2.05, 4.69) is 31.3 Å². The van der Waals surface area contributed by atoms with Gasteiger partial charge in [-0.05, 0) is 38.0 Å². The third kappa shape index (κ3) is 1.53. The summed E-state index contributed by atoms with van der Waals surface area (Å²) in [5.74, 6) is 0. The first kappa shape index (κ1) is 9.60. The van der Waals surface area contributed by atoms with Gasteiger partial charge in [0.25, 0.3) is 0 Å². The van der Waals surface area contributed by atoms with Crippen molar-refractivity contribution in [3.8, 4) is 0 Å². The largest absolute Gasteiger partial charge is 0.376 e. The van der Waals surface area contributed by atoms with Gasteiger partial charge in [-0.2, -0.15) is 0 Å². The van der Waals surface area contributed by atoms with E-state index in [1.807, 2.05) is 19.1 Å². The average Bonchev–Trinajstić information content (AvgIpc) is 2.11. The molecule has 1 N–H and O–H groups in total. The zero-order valence-corrected chi connectivity index (χ0v) is 9.44. The van der Waals surface area contributed by atoms with Gasteiger partial charge in [0.2, 0.25) is 0 Å². The Labute approximate surface area is 89.8 Å². The van der Waals surface area contributed by atoms with Crippen molar-refractivity contribution in [2.75, 3.05) is 5.32 Å². The molecule has 1 heterocycles. The van der Waals surface area contributed by atoms with Crippen LogP contribution < -0.4 is 5.32 Å². The van der Waals surface area contributed by atoms with Crippen molar-refractivity contribution in [1.82, 2.24) is 0 Å². The van der Waals surface area contributed by atoms with Gasteiger partial charge in [-0.3, -0.25) is 0 Å². The molecule has 1 aliphatic rings. The number of hydrogen-bond acceptors (Lipinski definition) is 1. The topological polar surface area (TPSA) is 12.0 Å². The molecule has 0 aliphatic carbocycles. The first-order chi connectivity index (χ1) is 6.49. The number of fused-ring (bicyclic) bond motifs is 1. The fourth-order valence-electron chi connectivity index (χ4n) is 1.67. The molecule has 0 fully saturated rings. The van der Waals surface area contributed by atoms with Crippen molar-refractivity contribution in [3.63, 3.8) is 0 Å². The SMILES string of the molecule is Cc1c(Cl)ccc2c1NC(C)(C)C=C2. The zero-order valence-electron chi connectivity index (χ0n) is 8.69. The highest BCUT2D eigenvalue weighted by molar-refractivity contribution is 6.31. The molecule has 1 aliphatic heterocycles. The third-order valence-corrected chi connectivity index (χ3v) is 2.97. The Kier molecular flexibility index (Phi) is 2.07. The third-order valence-electron chi connectivity index (χ3n) is 2.56. The van der Waals surface area contributed by atoms with E-state index >= 15 is 0 Å². The molecule has 1 aromatic rings. The van der Waals surface area contributed by atoms with E-state index in [1.54, 1.807) is 0 Å². The van der Waals surface area contributed by atoms with E-state index in [9.17, 15) is 0 Å². The quantitative estimate of drug-likeness (QED) is 0.681. The number of halogens is 1. The lowest BCUT2D eigenvalue weighted by Crippen LogP contribution is -2.30. The summed E-state index contributed by atoms with van der Waals surface area (Å²) >= 11 is 6.07. The van der Waals surface area contributed by atoms with Gasteiger partial charge in [0.1, 0.15) is 0 Å². The second-order valence-corrected chi connectivity index (χ2v) is 4.72. The Morgan fingerprint density at radius 1 is 1.29 bits per heavy atom. The van der Waals surface area contributed by atoms with Crippen molar-refractivity contribution in [3.05, 3.63) is 34.4 Å². The summed E-state index contributed by atoms with van der Waals surface area (Å²) in [5.41, 5.74) is 3.51. The fourth-order valence-corrected chi connectivity index (χ4v) is 1.83. The smallest absolute Gasteiger partial charge is 0.0503 e. The predicted octanol–water partition coefficient (Wildman–Crippen LogP) is 3.87. The lowest BCUT2D eigenvalue weighted by atomic mass is 9.95. The van der Waals surface area contributed by atoms with Crippen LogP contribution in [0.2, 0.25) is 5.02 Å². The minimum absolute atomic E-state index is 0.0163. The molecule has 0 unspecified atom stereocenters. The fraction of sp³-hybridized carbons (Fsp3) is 0.333. The molecule has 0 aromatic heterocycles. The second kappa shape index (κ2) is 3.03. The Morgan fingerprint density at radius 2 is 2.00 bits per heavy atom. The maximum Gasteiger partial charge on any atom is 0.0503 e. The van der Waals surface area contributed by atoms with Gasteiger partial charge in [0.05, 0.1) is 5.54 Å². The van der Waals surface area contributed by atoms with E-state index in [1.165, 1.54) is 5.56 Å². The molecule has 0 spiro atoms. The highest BCUT2D eigenvalue weighted by Crippen LogP contribution is 2.34. The number of rotatable bonds is 0. The molecule has 1 aromatic carbocycles. The van der Waals surface area contributed by atoms with Crippen LogP contribution >= 0.6 is 11.6 Å². The second-order valence-electron chi connectivity index (χ2n) is 4.32. The molecule has 0 bridgehead atoms. The van der Waals surface area contributed by atoms with Crippen molar-refractivity contribution in [2.45, 2.75) is 26.3 Å². The number of benzene rings is 1. The molecular formula is C12H14ClN. The summed E-state index contributed by atoms with van der Waals surface area (Å²) in [6.07, 6.45) is 4.32. The normalized spacial score (nSPS) is 17.4. The molecular weight excluding hydrogens is 194 g/mol. The van der Waals surface area contributed by atoms with Crippen LogP contribution in [-0.2, 0) is 0 Å². The van der Waals surface area contributed by atoms with Crippen molar-refractivity contribution in [1.29, 1.82) is 0 Å². The molecule has 0 atom stereocenters. The molecule has 0 saturated carbocycles. The summed E-state index contributed by atoms with van der Waals surface area (Å²) in [6.45, 7) is 6.34. The summed E-state index contributed by atoms with van der Waals surface area (Å²) in [4.78, 5) is 0. The number of nitrogens with one attached hydrogen (secondary N) is 1. The molecule has 14 heavy (non-hydrogen) atoms. The summed E-state index contributed by atoms with van der Waals surface area (Å²) in [6, 6.07) is 3.99. The van der Waals surface area contributed by atoms with Crippen LogP contribution in [0.5, 0.6) is 0 Å². The monoisotopic (exact) mass is 207 g/mol. The predicted molar refractivity (Wildman–Crippen MR) is 62.9 cm³/mol. The number of anilines is 1. The Morgan fingerprint density at radius 3 is 2.71 bits per heavy atom. The lowest BCUT2D eigenvalue weighted by Gasteiger charge is -2.30. The van der Waals surface area contributed by atoms with Gasteiger partial charge >= 0.3 is 0 Å². The van der Waals surface area contributed by atoms with E-state index in [4.69, 9.17) is 11.6 Å². The van der Waals surface area contributed by atoms with E-state index in [0.717, 1.165) is 16.3 Å². The minimum Gasteiger partial charge on any atom is -0.376 e. The van der Waals surface area contributed by atoms with E-state index < -0.39 is 0 Å². The van der Waals surface area contributed by atoms with Crippen molar-refractivity contribution in [2.24, 2.45) is 0 Å². The molecule has 2 rings (SSSR count). The van der Waals surface area contributed by atoms with Crippen molar-refractivity contribution >= 4 is 23.4 Å². The maximum absolute atomic E-state index is 6.07. The van der Waals surface area contributed by atoms with Crippen LogP contribution in [0.3, 0.4) is 0 Å². The standard InChI is InChI=1S/C12H14ClN/c1-8-10(13)5-4-9-6-7-12(2,3)14-11(8)9/h4-7,14H,1-3H3. The summed E-state index contributed by atoms with van der Waals surface area (Å²) in [7, 11) is 0. The van der Waals surface area contributed by atoms with Crippen LogP contribution in [-0.4, -0.2) is 5.54 Å². The molecule has 0 amide bonds. The lowest BCUT2D eigenvalue weighted by molar-refractivity contribution is 0.710. The van der Waals surface area contributed by atoms with E-state index in [0.29, 0.717) is 0 Å². The van der Waals surface area contributed by atoms with Gasteiger partial charge in [0, 0.05) is 10.7 Å². The summed E-state index contributed by atoms with van der Waals surface area (Å²) < 4.78 is 0. The van der Waals surface area contributed by atoms with Crippen LogP contribution in [0.25, 0.3) is 6.08 Å². The van der Waals surface area contributed by atoms with Crippen molar-refractivity contribution < 1.29 is 0 Å². The maximum atomic E-state index is 6.07. The average molecular weight is 208 g/mol. The molecule has 1 nitrogen and oxygen atoms in total. The van der Waals surface area contributed by atoms with Gasteiger partial charge in [-0.1, -0.05) is 29.8 Å². The van der Waals surface area contributed by atoms with Crippen LogP contribution in [0, 0.1) is 6.92 Å². The first-order valence-corrected chi connectivity index (χ1v) is 5.14. The van der Waals surface area contributed by atoms with Crippen LogP contribution in [0.1, 0.15) is 25.0 Å². The number of hydrogen-bond donors (Lipinski definition) is 1. The Bertz CT molecular complexity index is 405. The molecule has 2 heteroatoms. The molecule has 0 saturated heterocycles. The zero-order chi connectivity index (χ0) is 10.3. The highest BCUT2D eigenvalue weighted by atomic mass is 35.5. The highest BCUT2D eigenvalue weighted by Gasteiger charge is 2.20. The Hall–Kier alpha value is -0.950. The van der Waals surface area contributed by atoms with Crippen LogP contribution in [0.4, 0.5) is 5.69 Å². The Balaban J connectivity index is 2.58. The van der Waals surface area contributed by atoms with Gasteiger partial charge in [-0.15, -0.1) is 0 Å². The summed E-state index contributed by atoms with van der Waals surface area (Å²) in [5, 5.41) is 4.30. The molecule has 74 valence electrons. The van der Waals surface area contributed by atoms with E-state index in [-0.39, 0.29) is 5.54 Å². The van der Waals surface area contributed by atoms with Gasteiger partial charge < -0.3 is 5.32 Å².